The van der Waals surface area contributed by atoms with E-state index in [2.05, 4.69) is 5.32 Å². The van der Waals surface area contributed by atoms with Gasteiger partial charge in [-0.05, 0) is 25.0 Å². The van der Waals surface area contributed by atoms with Crippen molar-refractivity contribution in [1.82, 2.24) is 4.31 Å². The lowest BCUT2D eigenvalue weighted by Crippen LogP contribution is -2.48. The second-order valence-corrected chi connectivity index (χ2v) is 8.22. The van der Waals surface area contributed by atoms with Crippen molar-refractivity contribution in [3.8, 4) is 0 Å². The number of morpholine rings is 1. The van der Waals surface area contributed by atoms with Crippen LogP contribution in [0.1, 0.15) is 19.8 Å². The molecule has 0 aromatic heterocycles. The van der Waals surface area contributed by atoms with Gasteiger partial charge in [-0.25, -0.2) is 8.42 Å². The molecule has 1 aromatic rings. The number of hydrogen-bond donors (Lipinski definition) is 1. The molecule has 1 amide bonds. The number of sulfonamides is 1. The third-order valence-electron chi connectivity index (χ3n) is 4.36. The van der Waals surface area contributed by atoms with Gasteiger partial charge in [-0.2, -0.15) is 4.31 Å². The van der Waals surface area contributed by atoms with Crippen LogP contribution in [0.25, 0.3) is 0 Å². The molecule has 0 saturated carbocycles. The Morgan fingerprint density at radius 1 is 1.30 bits per heavy atom. The highest BCUT2D eigenvalue weighted by atomic mass is 32.2. The van der Waals surface area contributed by atoms with Gasteiger partial charge in [0.05, 0.1) is 23.9 Å². The SMILES string of the molecule is CCCS(=O)(=O)N1C[C@H]2C[C@H](C(=O)Nc3ccccc3)[C@@H](C1)O2. The van der Waals surface area contributed by atoms with Crippen LogP contribution in [0.4, 0.5) is 5.69 Å². The lowest BCUT2D eigenvalue weighted by Gasteiger charge is -2.31. The number of nitrogens with one attached hydrogen (secondary N) is 1. The molecule has 3 atom stereocenters. The largest absolute Gasteiger partial charge is 0.371 e. The van der Waals surface area contributed by atoms with Crippen LogP contribution >= 0.6 is 0 Å². The molecule has 23 heavy (non-hydrogen) atoms. The van der Waals surface area contributed by atoms with Gasteiger partial charge in [-0.1, -0.05) is 25.1 Å². The van der Waals surface area contributed by atoms with Crippen LogP contribution in [-0.4, -0.2) is 49.7 Å². The maximum atomic E-state index is 12.5. The summed E-state index contributed by atoms with van der Waals surface area (Å²) in [6.45, 7) is 2.47. The van der Waals surface area contributed by atoms with Crippen molar-refractivity contribution in [2.75, 3.05) is 24.2 Å². The third-order valence-corrected chi connectivity index (χ3v) is 6.37. The Bertz CT molecular complexity index is 662. The molecule has 7 heteroatoms. The van der Waals surface area contributed by atoms with E-state index >= 15 is 0 Å². The van der Waals surface area contributed by atoms with Gasteiger partial charge in [0.2, 0.25) is 15.9 Å². The van der Waals surface area contributed by atoms with Gasteiger partial charge in [0.15, 0.2) is 0 Å². The van der Waals surface area contributed by atoms with Crippen LogP contribution in [0.5, 0.6) is 0 Å². The number of carbonyl (C=O) groups is 1. The first-order valence-electron chi connectivity index (χ1n) is 7.99. The van der Waals surface area contributed by atoms with Gasteiger partial charge in [0.25, 0.3) is 0 Å². The Morgan fingerprint density at radius 3 is 2.74 bits per heavy atom. The molecule has 0 spiro atoms. The van der Waals surface area contributed by atoms with Gasteiger partial charge in [0, 0.05) is 18.8 Å². The summed E-state index contributed by atoms with van der Waals surface area (Å²) in [7, 11) is -3.25. The molecule has 0 radical (unpaired) electrons. The number of amides is 1. The molecular weight excluding hydrogens is 316 g/mol. The average Bonchev–Trinajstić information content (AvgIpc) is 2.82. The normalized spacial score (nSPS) is 27.8. The van der Waals surface area contributed by atoms with Gasteiger partial charge in [0.1, 0.15) is 0 Å². The minimum atomic E-state index is -3.25. The van der Waals surface area contributed by atoms with E-state index in [1.54, 1.807) is 0 Å². The smallest absolute Gasteiger partial charge is 0.230 e. The van der Waals surface area contributed by atoms with E-state index in [1.807, 2.05) is 37.3 Å². The van der Waals surface area contributed by atoms with E-state index in [4.69, 9.17) is 4.74 Å². The third kappa shape index (κ3) is 3.57. The first kappa shape index (κ1) is 16.4. The molecule has 1 aromatic carbocycles. The highest BCUT2D eigenvalue weighted by Gasteiger charge is 2.47. The number of benzene rings is 1. The van der Waals surface area contributed by atoms with Crippen LogP contribution in [0.3, 0.4) is 0 Å². The van der Waals surface area contributed by atoms with E-state index in [0.717, 1.165) is 5.69 Å². The molecule has 0 aliphatic carbocycles. The van der Waals surface area contributed by atoms with Crippen molar-refractivity contribution < 1.29 is 17.9 Å². The maximum Gasteiger partial charge on any atom is 0.230 e. The molecule has 2 fully saturated rings. The van der Waals surface area contributed by atoms with Crippen molar-refractivity contribution in [2.45, 2.75) is 32.0 Å². The molecule has 2 aliphatic rings. The quantitative estimate of drug-likeness (QED) is 0.882. The van der Waals surface area contributed by atoms with Crippen molar-refractivity contribution in [2.24, 2.45) is 5.92 Å². The number of hydrogen-bond acceptors (Lipinski definition) is 4. The Morgan fingerprint density at radius 2 is 2.04 bits per heavy atom. The zero-order chi connectivity index (χ0) is 16.4. The van der Waals surface area contributed by atoms with E-state index in [1.165, 1.54) is 4.31 Å². The Hall–Kier alpha value is -1.44. The summed E-state index contributed by atoms with van der Waals surface area (Å²) in [4.78, 5) is 12.5. The van der Waals surface area contributed by atoms with E-state index in [0.29, 0.717) is 19.4 Å². The number of para-hydroxylation sites is 1. The minimum absolute atomic E-state index is 0.0987. The highest BCUT2D eigenvalue weighted by molar-refractivity contribution is 7.89. The zero-order valence-corrected chi connectivity index (χ0v) is 14.0. The maximum absolute atomic E-state index is 12.5. The summed E-state index contributed by atoms with van der Waals surface area (Å²) in [5.74, 6) is -0.256. The van der Waals surface area contributed by atoms with Crippen molar-refractivity contribution >= 4 is 21.6 Å². The second kappa shape index (κ2) is 6.59. The van der Waals surface area contributed by atoms with Crippen LogP contribution < -0.4 is 5.32 Å². The van der Waals surface area contributed by atoms with E-state index < -0.39 is 10.0 Å². The lowest BCUT2D eigenvalue weighted by molar-refractivity contribution is -0.122. The highest BCUT2D eigenvalue weighted by Crippen LogP contribution is 2.34. The fraction of sp³-hybridized carbons (Fsp3) is 0.562. The molecule has 126 valence electrons. The molecule has 2 heterocycles. The predicted octanol–water partition coefficient (Wildman–Crippen LogP) is 1.45. The molecule has 1 N–H and O–H groups in total. The van der Waals surface area contributed by atoms with Crippen LogP contribution in [0, 0.1) is 5.92 Å². The standard InChI is InChI=1S/C16H22N2O4S/c1-2-8-23(20,21)18-10-13-9-14(15(11-18)22-13)16(19)17-12-6-4-3-5-7-12/h3-7,13-15H,2,8-11H2,1H3,(H,17,19)/t13-,14+,15-/m1/s1. The summed E-state index contributed by atoms with van der Waals surface area (Å²) in [5.41, 5.74) is 0.745. The average molecular weight is 338 g/mol. The van der Waals surface area contributed by atoms with E-state index in [9.17, 15) is 13.2 Å². The molecule has 2 bridgehead atoms. The number of nitrogens with zero attached hydrogens (tertiary/aromatic N) is 1. The predicted molar refractivity (Wildman–Crippen MR) is 87.5 cm³/mol. The summed E-state index contributed by atoms with van der Waals surface area (Å²) < 4.78 is 31.8. The number of anilines is 1. The topological polar surface area (TPSA) is 75.7 Å². The minimum Gasteiger partial charge on any atom is -0.371 e. The van der Waals surface area contributed by atoms with Gasteiger partial charge < -0.3 is 10.1 Å². The molecule has 2 aliphatic heterocycles. The number of carbonyl (C=O) groups excluding carboxylic acids is 1. The molecule has 3 rings (SSSR count). The summed E-state index contributed by atoms with van der Waals surface area (Å²) in [6, 6.07) is 9.27. The van der Waals surface area contributed by atoms with E-state index in [-0.39, 0.29) is 36.3 Å². The van der Waals surface area contributed by atoms with Crippen LogP contribution in [0.15, 0.2) is 30.3 Å². The fourth-order valence-electron chi connectivity index (χ4n) is 3.27. The molecule has 0 unspecified atom stereocenters. The van der Waals surface area contributed by atoms with Crippen LogP contribution in [-0.2, 0) is 19.6 Å². The fourth-order valence-corrected chi connectivity index (χ4v) is 4.81. The molecule has 2 saturated heterocycles. The summed E-state index contributed by atoms with van der Waals surface area (Å²) >= 11 is 0. The first-order chi connectivity index (χ1) is 11.0. The molecular formula is C16H22N2O4S. The number of fused-ring (bicyclic) bond motifs is 2. The Kier molecular flexibility index (Phi) is 4.70. The first-order valence-corrected chi connectivity index (χ1v) is 9.59. The van der Waals surface area contributed by atoms with Gasteiger partial charge in [-0.15, -0.1) is 0 Å². The molecule has 6 nitrogen and oxygen atoms in total. The monoisotopic (exact) mass is 338 g/mol. The van der Waals surface area contributed by atoms with Crippen molar-refractivity contribution in [1.29, 1.82) is 0 Å². The lowest BCUT2D eigenvalue weighted by atomic mass is 9.99. The second-order valence-electron chi connectivity index (χ2n) is 6.13. The number of ether oxygens (including phenoxy) is 1. The van der Waals surface area contributed by atoms with Gasteiger partial charge >= 0.3 is 0 Å². The zero-order valence-electron chi connectivity index (χ0n) is 13.1. The number of rotatable bonds is 5. The van der Waals surface area contributed by atoms with Crippen LogP contribution in [0.2, 0.25) is 0 Å². The Labute approximate surface area is 136 Å². The van der Waals surface area contributed by atoms with Crippen molar-refractivity contribution in [3.05, 3.63) is 30.3 Å². The van der Waals surface area contributed by atoms with Gasteiger partial charge in [-0.3, -0.25) is 4.79 Å². The summed E-state index contributed by atoms with van der Waals surface area (Å²) in [5, 5.41) is 2.89. The van der Waals surface area contributed by atoms with Crippen molar-refractivity contribution in [3.63, 3.8) is 0 Å². The Balaban J connectivity index is 1.67. The summed E-state index contributed by atoms with van der Waals surface area (Å²) in [6.07, 6.45) is 0.616.